The smallest absolute Gasteiger partial charge is 0.0419 e. The van der Waals surface area contributed by atoms with Gasteiger partial charge in [-0.3, -0.25) is 0 Å². The van der Waals surface area contributed by atoms with Gasteiger partial charge in [-0.15, -0.1) is 11.8 Å². The van der Waals surface area contributed by atoms with Crippen LogP contribution in [-0.2, 0) is 0 Å². The zero-order valence-electron chi connectivity index (χ0n) is 6.61. The van der Waals surface area contributed by atoms with Crippen molar-refractivity contribution < 1.29 is 0 Å². The minimum Gasteiger partial charge on any atom is -0.305 e. The zero-order valence-corrected chi connectivity index (χ0v) is 7.42. The molecule has 1 atom stereocenters. The predicted octanol–water partition coefficient (Wildman–Crippen LogP) is 2.09. The number of hydrogen-bond donors (Lipinski definition) is 1. The summed E-state index contributed by atoms with van der Waals surface area (Å²) in [6.07, 6.45) is 1.34. The van der Waals surface area contributed by atoms with E-state index >= 15 is 0 Å². The van der Waals surface area contributed by atoms with Crippen LogP contribution in [0.5, 0.6) is 0 Å². The van der Waals surface area contributed by atoms with Crippen molar-refractivity contribution in [2.45, 2.75) is 33.2 Å². The molecule has 1 heterocycles. The third kappa shape index (κ3) is 4.79. The minimum atomic E-state index is 0.765. The fourth-order valence-electron chi connectivity index (χ4n) is 0.636. The predicted molar refractivity (Wildman–Crippen MR) is 45.9 cm³/mol. The molecule has 0 spiro atoms. The van der Waals surface area contributed by atoms with Gasteiger partial charge in [0.15, 0.2) is 0 Å². The highest BCUT2D eigenvalue weighted by atomic mass is 32.2. The Labute approximate surface area is 62.6 Å². The molecule has 1 aliphatic heterocycles. The molecule has 0 saturated carbocycles. The SMILES string of the molecule is CC.CC1CCSCN1. The molecule has 1 fully saturated rings. The summed E-state index contributed by atoms with van der Waals surface area (Å²) in [5.41, 5.74) is 0. The lowest BCUT2D eigenvalue weighted by atomic mass is 10.3. The molecule has 56 valence electrons. The lowest BCUT2D eigenvalue weighted by Crippen LogP contribution is -2.30. The lowest BCUT2D eigenvalue weighted by Gasteiger charge is -2.17. The van der Waals surface area contributed by atoms with E-state index in [1.807, 2.05) is 25.6 Å². The van der Waals surface area contributed by atoms with Crippen LogP contribution in [0.4, 0.5) is 0 Å². The third-order valence-electron chi connectivity index (χ3n) is 1.23. The fraction of sp³-hybridized carbons (Fsp3) is 1.00. The van der Waals surface area contributed by atoms with E-state index in [0.717, 1.165) is 11.9 Å². The highest BCUT2D eigenvalue weighted by molar-refractivity contribution is 7.99. The first-order valence-electron chi connectivity index (χ1n) is 3.71. The molecule has 0 aliphatic carbocycles. The van der Waals surface area contributed by atoms with Crippen LogP contribution in [0.1, 0.15) is 27.2 Å². The molecule has 1 unspecified atom stereocenters. The van der Waals surface area contributed by atoms with Crippen molar-refractivity contribution in [2.24, 2.45) is 0 Å². The van der Waals surface area contributed by atoms with E-state index in [1.54, 1.807) is 0 Å². The van der Waals surface area contributed by atoms with Crippen molar-refractivity contribution in [3.8, 4) is 0 Å². The second-order valence-electron chi connectivity index (χ2n) is 1.95. The van der Waals surface area contributed by atoms with E-state index in [9.17, 15) is 0 Å². The Kier molecular flexibility index (Phi) is 6.65. The Morgan fingerprint density at radius 2 is 2.11 bits per heavy atom. The van der Waals surface area contributed by atoms with Crippen LogP contribution in [0.25, 0.3) is 0 Å². The van der Waals surface area contributed by atoms with Crippen LogP contribution in [0.3, 0.4) is 0 Å². The molecular formula is C7H17NS. The second-order valence-corrected chi connectivity index (χ2v) is 3.05. The van der Waals surface area contributed by atoms with Gasteiger partial charge in [-0.1, -0.05) is 13.8 Å². The molecule has 1 rings (SSSR count). The van der Waals surface area contributed by atoms with Crippen LogP contribution in [0.2, 0.25) is 0 Å². The third-order valence-corrected chi connectivity index (χ3v) is 2.12. The van der Waals surface area contributed by atoms with Crippen molar-refractivity contribution in [3.63, 3.8) is 0 Å². The molecule has 0 aromatic heterocycles. The van der Waals surface area contributed by atoms with Crippen LogP contribution in [0.15, 0.2) is 0 Å². The maximum absolute atomic E-state index is 3.34. The fourth-order valence-corrected chi connectivity index (χ4v) is 1.70. The molecular weight excluding hydrogens is 130 g/mol. The van der Waals surface area contributed by atoms with Crippen LogP contribution < -0.4 is 5.32 Å². The quantitative estimate of drug-likeness (QED) is 0.563. The number of nitrogens with one attached hydrogen (secondary N) is 1. The number of hydrogen-bond acceptors (Lipinski definition) is 2. The molecule has 0 aromatic carbocycles. The monoisotopic (exact) mass is 147 g/mol. The molecule has 0 bridgehead atoms. The highest BCUT2D eigenvalue weighted by Gasteiger charge is 2.04. The van der Waals surface area contributed by atoms with Gasteiger partial charge in [-0.05, 0) is 19.1 Å². The number of thioether (sulfide) groups is 1. The molecule has 0 amide bonds. The molecule has 0 aromatic rings. The summed E-state index contributed by atoms with van der Waals surface area (Å²) in [5.74, 6) is 2.50. The van der Waals surface area contributed by atoms with E-state index in [2.05, 4.69) is 12.2 Å². The first kappa shape index (κ1) is 9.31. The van der Waals surface area contributed by atoms with Crippen molar-refractivity contribution in [3.05, 3.63) is 0 Å². The molecule has 2 heteroatoms. The highest BCUT2D eigenvalue weighted by Crippen LogP contribution is 2.08. The summed E-state index contributed by atoms with van der Waals surface area (Å²) in [4.78, 5) is 0. The molecule has 1 nitrogen and oxygen atoms in total. The standard InChI is InChI=1S/C5H11NS.C2H6/c1-5-2-3-7-4-6-5;1-2/h5-6H,2-4H2,1H3;1-2H3. The normalized spacial score (nSPS) is 26.3. The van der Waals surface area contributed by atoms with E-state index in [0.29, 0.717) is 0 Å². The van der Waals surface area contributed by atoms with Gasteiger partial charge in [-0.2, -0.15) is 0 Å². The van der Waals surface area contributed by atoms with Gasteiger partial charge in [-0.25, -0.2) is 0 Å². The Morgan fingerprint density at radius 3 is 2.33 bits per heavy atom. The lowest BCUT2D eigenvalue weighted by molar-refractivity contribution is 0.573. The Morgan fingerprint density at radius 1 is 1.44 bits per heavy atom. The minimum absolute atomic E-state index is 0.765. The summed E-state index contributed by atoms with van der Waals surface area (Å²) in [7, 11) is 0. The first-order chi connectivity index (χ1) is 4.39. The molecule has 0 radical (unpaired) electrons. The zero-order chi connectivity index (χ0) is 7.11. The van der Waals surface area contributed by atoms with E-state index in [4.69, 9.17) is 0 Å². The summed E-state index contributed by atoms with van der Waals surface area (Å²) in [6.45, 7) is 6.24. The van der Waals surface area contributed by atoms with E-state index < -0.39 is 0 Å². The largest absolute Gasteiger partial charge is 0.305 e. The summed E-state index contributed by atoms with van der Waals surface area (Å²) in [5, 5.41) is 3.34. The second kappa shape index (κ2) is 6.43. The Hall–Kier alpha value is 0.310. The van der Waals surface area contributed by atoms with E-state index in [-0.39, 0.29) is 0 Å². The van der Waals surface area contributed by atoms with Gasteiger partial charge in [0.1, 0.15) is 0 Å². The molecule has 1 saturated heterocycles. The maximum Gasteiger partial charge on any atom is 0.0419 e. The average molecular weight is 147 g/mol. The van der Waals surface area contributed by atoms with E-state index in [1.165, 1.54) is 12.2 Å². The van der Waals surface area contributed by atoms with Gasteiger partial charge in [0.25, 0.3) is 0 Å². The Bertz CT molecular complexity index is 50.9. The summed E-state index contributed by atoms with van der Waals surface area (Å²) < 4.78 is 0. The van der Waals surface area contributed by atoms with Crippen LogP contribution >= 0.6 is 11.8 Å². The van der Waals surface area contributed by atoms with Gasteiger partial charge in [0, 0.05) is 11.9 Å². The van der Waals surface area contributed by atoms with Gasteiger partial charge < -0.3 is 5.32 Å². The molecule has 1 N–H and O–H groups in total. The first-order valence-corrected chi connectivity index (χ1v) is 4.86. The van der Waals surface area contributed by atoms with Crippen molar-refractivity contribution >= 4 is 11.8 Å². The van der Waals surface area contributed by atoms with Crippen LogP contribution in [0, 0.1) is 0 Å². The molecule has 9 heavy (non-hydrogen) atoms. The summed E-state index contributed by atoms with van der Waals surface area (Å²) >= 11 is 1.99. The van der Waals surface area contributed by atoms with Gasteiger partial charge in [0.05, 0.1) is 0 Å². The van der Waals surface area contributed by atoms with Crippen molar-refractivity contribution in [1.29, 1.82) is 0 Å². The molecule has 1 aliphatic rings. The van der Waals surface area contributed by atoms with Gasteiger partial charge in [0.2, 0.25) is 0 Å². The topological polar surface area (TPSA) is 12.0 Å². The summed E-state index contributed by atoms with van der Waals surface area (Å²) in [6, 6.07) is 0.765. The van der Waals surface area contributed by atoms with Crippen LogP contribution in [-0.4, -0.2) is 17.7 Å². The maximum atomic E-state index is 3.34. The Balaban J connectivity index is 0.000000291. The number of rotatable bonds is 0. The van der Waals surface area contributed by atoms with Gasteiger partial charge >= 0.3 is 0 Å². The van der Waals surface area contributed by atoms with Crippen molar-refractivity contribution in [2.75, 3.05) is 11.6 Å². The average Bonchev–Trinajstić information content (AvgIpc) is 1.94. The van der Waals surface area contributed by atoms with Crippen molar-refractivity contribution in [1.82, 2.24) is 5.32 Å².